The third kappa shape index (κ3) is 2.69. The van der Waals surface area contributed by atoms with Gasteiger partial charge in [0.2, 0.25) is 0 Å². The van der Waals surface area contributed by atoms with E-state index in [0.29, 0.717) is 16.4 Å². The zero-order valence-electron chi connectivity index (χ0n) is 9.61. The van der Waals surface area contributed by atoms with Crippen molar-refractivity contribution in [3.63, 3.8) is 0 Å². The lowest BCUT2D eigenvalue weighted by atomic mass is 10.1. The van der Waals surface area contributed by atoms with E-state index in [2.05, 4.69) is 4.99 Å². The van der Waals surface area contributed by atoms with Gasteiger partial charge in [0.1, 0.15) is 11.6 Å². The second-order valence-electron chi connectivity index (χ2n) is 4.33. The quantitative estimate of drug-likeness (QED) is 0.919. The van der Waals surface area contributed by atoms with Crippen LogP contribution in [0.4, 0.5) is 8.78 Å². The van der Waals surface area contributed by atoms with E-state index >= 15 is 0 Å². The fourth-order valence-electron chi connectivity index (χ4n) is 1.65. The van der Waals surface area contributed by atoms with E-state index < -0.39 is 23.1 Å². The largest absolute Gasteiger partial charge is 0.479 e. The average Bonchev–Trinajstić information content (AvgIpc) is 2.60. The zero-order valence-corrected chi connectivity index (χ0v) is 10.4. The minimum Gasteiger partial charge on any atom is -0.479 e. The predicted octanol–water partition coefficient (Wildman–Crippen LogP) is 2.50. The van der Waals surface area contributed by atoms with Crippen molar-refractivity contribution < 1.29 is 18.7 Å². The number of carbonyl (C=O) groups is 1. The molecule has 1 atom stereocenters. The summed E-state index contributed by atoms with van der Waals surface area (Å²) >= 11 is 1.31. The summed E-state index contributed by atoms with van der Waals surface area (Å²) in [5.74, 6) is -1.94. The van der Waals surface area contributed by atoms with Gasteiger partial charge in [-0.3, -0.25) is 4.99 Å². The third-order valence-electron chi connectivity index (χ3n) is 2.63. The number of rotatable bonds is 3. The standard InChI is InChI=1S/C12H11F2NO2S/c1-12(11(16)17)6-18-10(15-12)4-7-2-8(13)5-9(14)3-7/h2-3,5H,4,6H2,1H3,(H,16,17)/t12-/m0/s1. The van der Waals surface area contributed by atoms with Crippen LogP contribution in [-0.4, -0.2) is 27.4 Å². The molecular weight excluding hydrogens is 260 g/mol. The van der Waals surface area contributed by atoms with E-state index in [1.54, 1.807) is 0 Å². The summed E-state index contributed by atoms with van der Waals surface area (Å²) in [6, 6.07) is 3.25. The van der Waals surface area contributed by atoms with Crippen LogP contribution in [0.2, 0.25) is 0 Å². The molecule has 6 heteroatoms. The number of benzene rings is 1. The highest BCUT2D eigenvalue weighted by molar-refractivity contribution is 8.14. The smallest absolute Gasteiger partial charge is 0.332 e. The molecular formula is C12H11F2NO2S. The first kappa shape index (κ1) is 13.0. The molecule has 0 unspecified atom stereocenters. The number of hydrogen-bond acceptors (Lipinski definition) is 3. The van der Waals surface area contributed by atoms with E-state index in [-0.39, 0.29) is 6.42 Å². The van der Waals surface area contributed by atoms with Gasteiger partial charge in [-0.25, -0.2) is 13.6 Å². The fraction of sp³-hybridized carbons (Fsp3) is 0.333. The Labute approximate surface area is 107 Å². The number of nitrogens with zero attached hydrogens (tertiary/aromatic N) is 1. The van der Waals surface area contributed by atoms with Gasteiger partial charge in [0, 0.05) is 18.2 Å². The molecule has 1 aliphatic rings. The van der Waals surface area contributed by atoms with Crippen LogP contribution in [0.5, 0.6) is 0 Å². The number of aliphatic carboxylic acids is 1. The highest BCUT2D eigenvalue weighted by atomic mass is 32.2. The van der Waals surface area contributed by atoms with Gasteiger partial charge < -0.3 is 5.11 Å². The maximum atomic E-state index is 13.0. The van der Waals surface area contributed by atoms with E-state index in [4.69, 9.17) is 5.11 Å². The molecule has 0 radical (unpaired) electrons. The van der Waals surface area contributed by atoms with Crippen LogP contribution in [0.1, 0.15) is 12.5 Å². The summed E-state index contributed by atoms with van der Waals surface area (Å²) in [5, 5.41) is 9.59. The fourth-order valence-corrected chi connectivity index (χ4v) is 2.82. The molecule has 3 nitrogen and oxygen atoms in total. The second-order valence-corrected chi connectivity index (χ2v) is 5.38. The highest BCUT2D eigenvalue weighted by Crippen LogP contribution is 2.29. The molecule has 1 aliphatic heterocycles. The maximum Gasteiger partial charge on any atom is 0.332 e. The van der Waals surface area contributed by atoms with Gasteiger partial charge in [0.05, 0.1) is 5.04 Å². The van der Waals surface area contributed by atoms with Gasteiger partial charge in [-0.15, -0.1) is 11.8 Å². The van der Waals surface area contributed by atoms with Gasteiger partial charge in [-0.2, -0.15) is 0 Å². The average molecular weight is 271 g/mol. The Morgan fingerprint density at radius 2 is 2.06 bits per heavy atom. The predicted molar refractivity (Wildman–Crippen MR) is 66.0 cm³/mol. The van der Waals surface area contributed by atoms with E-state index in [1.807, 2.05) is 0 Å². The third-order valence-corrected chi connectivity index (χ3v) is 3.91. The van der Waals surface area contributed by atoms with Crippen LogP contribution in [0, 0.1) is 11.6 Å². The summed E-state index contributed by atoms with van der Waals surface area (Å²) in [4.78, 5) is 15.1. The molecule has 0 saturated heterocycles. The summed E-state index contributed by atoms with van der Waals surface area (Å²) in [7, 11) is 0. The van der Waals surface area contributed by atoms with Gasteiger partial charge in [-0.1, -0.05) is 0 Å². The summed E-state index contributed by atoms with van der Waals surface area (Å²) < 4.78 is 26.0. The number of halogens is 2. The number of aliphatic imine (C=N–C) groups is 1. The lowest BCUT2D eigenvalue weighted by molar-refractivity contribution is -0.141. The van der Waals surface area contributed by atoms with E-state index in [0.717, 1.165) is 6.07 Å². The molecule has 0 fully saturated rings. The maximum absolute atomic E-state index is 13.0. The summed E-state index contributed by atoms with van der Waals surface area (Å²) in [6.07, 6.45) is 0.252. The SMILES string of the molecule is C[C@@]1(C(=O)O)CSC(Cc2cc(F)cc(F)c2)=N1. The molecule has 0 aromatic heterocycles. The Morgan fingerprint density at radius 1 is 1.44 bits per heavy atom. The minimum absolute atomic E-state index is 0.252. The molecule has 1 aromatic carbocycles. The monoisotopic (exact) mass is 271 g/mol. The molecule has 0 bridgehead atoms. The number of thioether (sulfide) groups is 1. The van der Waals surface area contributed by atoms with Crippen molar-refractivity contribution in [2.75, 3.05) is 5.75 Å². The number of carboxylic acids is 1. The Kier molecular flexibility index (Phi) is 3.38. The molecule has 18 heavy (non-hydrogen) atoms. The Morgan fingerprint density at radius 3 is 2.56 bits per heavy atom. The van der Waals surface area contributed by atoms with Crippen LogP contribution < -0.4 is 0 Å². The molecule has 2 rings (SSSR count). The summed E-state index contributed by atoms with van der Waals surface area (Å²) in [6.45, 7) is 1.53. The zero-order chi connectivity index (χ0) is 13.3. The van der Waals surface area contributed by atoms with Crippen molar-refractivity contribution in [1.82, 2.24) is 0 Å². The van der Waals surface area contributed by atoms with Crippen LogP contribution in [0.25, 0.3) is 0 Å². The Balaban J connectivity index is 2.18. The van der Waals surface area contributed by atoms with Crippen molar-refractivity contribution in [2.45, 2.75) is 18.9 Å². The van der Waals surface area contributed by atoms with E-state index in [9.17, 15) is 13.6 Å². The molecule has 0 amide bonds. The molecule has 1 aromatic rings. The first-order valence-corrected chi connectivity index (χ1v) is 6.27. The lowest BCUT2D eigenvalue weighted by Crippen LogP contribution is -2.33. The van der Waals surface area contributed by atoms with Crippen molar-refractivity contribution in [3.05, 3.63) is 35.4 Å². The summed E-state index contributed by atoms with van der Waals surface area (Å²) in [5.41, 5.74) is -0.681. The van der Waals surface area contributed by atoms with Crippen molar-refractivity contribution in [1.29, 1.82) is 0 Å². The molecule has 96 valence electrons. The highest BCUT2D eigenvalue weighted by Gasteiger charge is 2.37. The normalized spacial score (nSPS) is 22.9. The van der Waals surface area contributed by atoms with E-state index in [1.165, 1.54) is 30.8 Å². The number of hydrogen-bond donors (Lipinski definition) is 1. The van der Waals surface area contributed by atoms with Crippen LogP contribution in [-0.2, 0) is 11.2 Å². The number of carboxylic acid groups (broad SMARTS) is 1. The minimum atomic E-state index is -1.13. The molecule has 1 N–H and O–H groups in total. The van der Waals surface area contributed by atoms with Gasteiger partial charge >= 0.3 is 5.97 Å². The van der Waals surface area contributed by atoms with Crippen LogP contribution in [0.15, 0.2) is 23.2 Å². The Bertz CT molecular complexity index is 513. The lowest BCUT2D eigenvalue weighted by Gasteiger charge is -2.11. The van der Waals surface area contributed by atoms with Crippen LogP contribution >= 0.6 is 11.8 Å². The topological polar surface area (TPSA) is 49.7 Å². The van der Waals surface area contributed by atoms with Crippen molar-refractivity contribution >= 4 is 22.8 Å². The van der Waals surface area contributed by atoms with Crippen molar-refractivity contribution in [3.8, 4) is 0 Å². The first-order chi connectivity index (χ1) is 8.39. The molecule has 0 saturated carbocycles. The second kappa shape index (κ2) is 4.68. The van der Waals surface area contributed by atoms with Crippen molar-refractivity contribution in [2.24, 2.45) is 4.99 Å². The molecule has 1 heterocycles. The Hall–Kier alpha value is -1.43. The molecule has 0 aliphatic carbocycles. The van der Waals surface area contributed by atoms with Gasteiger partial charge in [0.15, 0.2) is 5.54 Å². The first-order valence-electron chi connectivity index (χ1n) is 5.29. The van der Waals surface area contributed by atoms with Gasteiger partial charge in [0.25, 0.3) is 0 Å². The van der Waals surface area contributed by atoms with Crippen LogP contribution in [0.3, 0.4) is 0 Å². The van der Waals surface area contributed by atoms with Gasteiger partial charge in [-0.05, 0) is 24.6 Å². The molecule has 0 spiro atoms.